The van der Waals surface area contributed by atoms with Crippen molar-refractivity contribution in [3.8, 4) is 0 Å². The van der Waals surface area contributed by atoms with E-state index in [1.807, 2.05) is 0 Å². The van der Waals surface area contributed by atoms with Gasteiger partial charge in [-0.3, -0.25) is 14.6 Å². The minimum absolute atomic E-state index is 0.0881. The number of hydrogen-bond donors (Lipinski definition) is 3. The van der Waals surface area contributed by atoms with Gasteiger partial charge in [-0.25, -0.2) is 0 Å². The molecule has 114 valence electrons. The first kappa shape index (κ1) is 15.4. The molecule has 1 aromatic rings. The number of carboxylic acid groups (broad SMARTS) is 1. The van der Waals surface area contributed by atoms with Crippen molar-refractivity contribution in [2.45, 2.75) is 19.4 Å². The number of nitrogens with one attached hydrogen (secondary N) is 1. The van der Waals surface area contributed by atoms with Crippen molar-refractivity contribution in [1.29, 1.82) is 0 Å². The van der Waals surface area contributed by atoms with E-state index in [1.165, 1.54) is 6.20 Å². The predicted molar refractivity (Wildman–Crippen MR) is 74.6 cm³/mol. The van der Waals surface area contributed by atoms with Crippen molar-refractivity contribution in [1.82, 2.24) is 10.3 Å². The van der Waals surface area contributed by atoms with Gasteiger partial charge in [-0.1, -0.05) is 0 Å². The largest absolute Gasteiger partial charge is 0.481 e. The summed E-state index contributed by atoms with van der Waals surface area (Å²) < 4.78 is 5.20. The summed E-state index contributed by atoms with van der Waals surface area (Å²) in [5.74, 6) is -1.22. The summed E-state index contributed by atoms with van der Waals surface area (Å²) >= 11 is 0. The molecule has 1 aliphatic heterocycles. The molecule has 0 unspecified atom stereocenters. The normalized spacial score (nSPS) is 17.2. The molecule has 0 saturated carbocycles. The lowest BCUT2D eigenvalue weighted by Crippen LogP contribution is -2.46. The van der Waals surface area contributed by atoms with Gasteiger partial charge >= 0.3 is 5.97 Å². The van der Waals surface area contributed by atoms with Crippen LogP contribution in [0.15, 0.2) is 18.3 Å². The number of hydrogen-bond acceptors (Lipinski definition) is 5. The van der Waals surface area contributed by atoms with E-state index in [0.717, 1.165) is 0 Å². The van der Waals surface area contributed by atoms with Gasteiger partial charge < -0.3 is 20.9 Å². The fourth-order valence-corrected chi connectivity index (χ4v) is 2.31. The van der Waals surface area contributed by atoms with Crippen molar-refractivity contribution in [2.75, 3.05) is 19.8 Å². The quantitative estimate of drug-likeness (QED) is 0.712. The zero-order valence-electron chi connectivity index (χ0n) is 11.7. The number of amides is 1. The van der Waals surface area contributed by atoms with Gasteiger partial charge in [-0.05, 0) is 25.0 Å². The summed E-state index contributed by atoms with van der Waals surface area (Å²) in [5.41, 5.74) is 5.58. The van der Waals surface area contributed by atoms with Crippen molar-refractivity contribution < 1.29 is 19.4 Å². The summed E-state index contributed by atoms with van der Waals surface area (Å²) in [6, 6.07) is 3.18. The minimum Gasteiger partial charge on any atom is -0.481 e. The molecule has 4 N–H and O–H groups in total. The highest BCUT2D eigenvalue weighted by molar-refractivity contribution is 5.94. The molecule has 0 aromatic carbocycles. The van der Waals surface area contributed by atoms with Crippen molar-refractivity contribution in [3.63, 3.8) is 0 Å². The van der Waals surface area contributed by atoms with Crippen molar-refractivity contribution >= 4 is 11.9 Å². The van der Waals surface area contributed by atoms with Crippen LogP contribution in [-0.2, 0) is 16.1 Å². The number of ether oxygens (including phenoxy) is 1. The maximum absolute atomic E-state index is 12.1. The smallest absolute Gasteiger partial charge is 0.311 e. The van der Waals surface area contributed by atoms with Crippen LogP contribution < -0.4 is 11.1 Å². The Hall–Kier alpha value is -1.99. The highest BCUT2D eigenvalue weighted by Gasteiger charge is 2.40. The molecular weight excluding hydrogens is 274 g/mol. The summed E-state index contributed by atoms with van der Waals surface area (Å²) in [4.78, 5) is 27.6. The van der Waals surface area contributed by atoms with E-state index in [0.29, 0.717) is 37.3 Å². The Balaban J connectivity index is 2.03. The maximum atomic E-state index is 12.1. The monoisotopic (exact) mass is 293 g/mol. The first-order valence-electron chi connectivity index (χ1n) is 6.82. The molecule has 1 amide bonds. The van der Waals surface area contributed by atoms with Gasteiger partial charge in [0, 0.05) is 38.1 Å². The third-order valence-corrected chi connectivity index (χ3v) is 3.78. The van der Waals surface area contributed by atoms with Gasteiger partial charge in [-0.2, -0.15) is 0 Å². The Kier molecular flexibility index (Phi) is 4.87. The minimum atomic E-state index is -0.947. The molecule has 2 heterocycles. The second-order valence-corrected chi connectivity index (χ2v) is 5.12. The van der Waals surface area contributed by atoms with E-state index in [-0.39, 0.29) is 19.0 Å². The molecule has 1 saturated heterocycles. The number of aliphatic carboxylic acids is 1. The molecule has 7 heteroatoms. The first-order chi connectivity index (χ1) is 10.1. The van der Waals surface area contributed by atoms with E-state index < -0.39 is 11.4 Å². The van der Waals surface area contributed by atoms with Gasteiger partial charge in [0.25, 0.3) is 5.91 Å². The van der Waals surface area contributed by atoms with Crippen LogP contribution in [0.25, 0.3) is 0 Å². The Labute approximate surface area is 122 Å². The molecule has 21 heavy (non-hydrogen) atoms. The van der Waals surface area contributed by atoms with E-state index >= 15 is 0 Å². The number of nitrogens with zero attached hydrogens (tertiary/aromatic N) is 1. The van der Waals surface area contributed by atoms with Gasteiger partial charge in [0.05, 0.1) is 11.1 Å². The number of aromatic nitrogens is 1. The summed E-state index contributed by atoms with van der Waals surface area (Å²) in [7, 11) is 0. The van der Waals surface area contributed by atoms with Gasteiger partial charge in [0.15, 0.2) is 0 Å². The Bertz CT molecular complexity index is 527. The fraction of sp³-hybridized carbons (Fsp3) is 0.500. The van der Waals surface area contributed by atoms with E-state index in [2.05, 4.69) is 10.3 Å². The highest BCUT2D eigenvalue weighted by atomic mass is 16.5. The van der Waals surface area contributed by atoms with E-state index in [9.17, 15) is 14.7 Å². The van der Waals surface area contributed by atoms with Crippen molar-refractivity contribution in [2.24, 2.45) is 11.1 Å². The van der Waals surface area contributed by atoms with Crippen LogP contribution in [0.5, 0.6) is 0 Å². The van der Waals surface area contributed by atoms with E-state index in [1.54, 1.807) is 12.1 Å². The Morgan fingerprint density at radius 2 is 2.14 bits per heavy atom. The van der Waals surface area contributed by atoms with Crippen LogP contribution in [0.2, 0.25) is 0 Å². The molecule has 1 fully saturated rings. The van der Waals surface area contributed by atoms with Gasteiger partial charge in [0.1, 0.15) is 0 Å². The van der Waals surface area contributed by atoms with Crippen LogP contribution in [0, 0.1) is 5.41 Å². The molecule has 7 nitrogen and oxygen atoms in total. The zero-order valence-corrected chi connectivity index (χ0v) is 11.7. The van der Waals surface area contributed by atoms with Gasteiger partial charge in [-0.15, -0.1) is 0 Å². The number of nitrogens with two attached hydrogens (primary N) is 1. The molecular formula is C14H19N3O4. The fourth-order valence-electron chi connectivity index (χ4n) is 2.31. The van der Waals surface area contributed by atoms with Crippen LogP contribution in [0.3, 0.4) is 0 Å². The topological polar surface area (TPSA) is 115 Å². The molecule has 0 atom stereocenters. The lowest BCUT2D eigenvalue weighted by Gasteiger charge is -2.33. The average Bonchev–Trinajstić information content (AvgIpc) is 2.53. The second-order valence-electron chi connectivity index (χ2n) is 5.12. The molecule has 0 bridgehead atoms. The van der Waals surface area contributed by atoms with Crippen molar-refractivity contribution in [3.05, 3.63) is 29.6 Å². The number of carboxylic acids is 1. The Morgan fingerprint density at radius 3 is 2.76 bits per heavy atom. The summed E-state index contributed by atoms with van der Waals surface area (Å²) in [5, 5.41) is 12.1. The van der Waals surface area contributed by atoms with Crippen LogP contribution in [0.4, 0.5) is 0 Å². The van der Waals surface area contributed by atoms with Gasteiger partial charge in [0.2, 0.25) is 0 Å². The highest BCUT2D eigenvalue weighted by Crippen LogP contribution is 2.30. The first-order valence-corrected chi connectivity index (χ1v) is 6.82. The standard InChI is InChI=1S/C14H19N3O4/c15-8-11-7-10(1-4-16-11)12(18)17-9-14(13(19)20)2-5-21-6-3-14/h1,4,7H,2-3,5-6,8-9,15H2,(H,17,18)(H,19,20). The summed E-state index contributed by atoms with van der Waals surface area (Å²) in [6.07, 6.45) is 2.30. The van der Waals surface area contributed by atoms with Crippen LogP contribution >= 0.6 is 0 Å². The molecule has 1 aromatic heterocycles. The third kappa shape index (κ3) is 3.56. The maximum Gasteiger partial charge on any atom is 0.311 e. The third-order valence-electron chi connectivity index (χ3n) is 3.78. The Morgan fingerprint density at radius 1 is 1.43 bits per heavy atom. The average molecular weight is 293 g/mol. The summed E-state index contributed by atoms with van der Waals surface area (Å²) in [6.45, 7) is 1.13. The van der Waals surface area contributed by atoms with Crippen LogP contribution in [0.1, 0.15) is 28.9 Å². The zero-order chi connectivity index (χ0) is 15.3. The number of carbonyl (C=O) groups is 2. The molecule has 2 rings (SSSR count). The molecule has 0 radical (unpaired) electrons. The molecule has 0 spiro atoms. The number of pyridine rings is 1. The van der Waals surface area contributed by atoms with E-state index in [4.69, 9.17) is 10.5 Å². The lowest BCUT2D eigenvalue weighted by molar-refractivity contribution is -0.154. The number of rotatable bonds is 5. The SMILES string of the molecule is NCc1cc(C(=O)NCC2(C(=O)O)CCOCC2)ccn1. The number of carbonyl (C=O) groups excluding carboxylic acids is 1. The molecule has 1 aliphatic rings. The predicted octanol–water partition coefficient (Wildman–Crippen LogP) is 0.151. The molecule has 0 aliphatic carbocycles. The van der Waals surface area contributed by atoms with Crippen LogP contribution in [-0.4, -0.2) is 41.7 Å². The second kappa shape index (κ2) is 6.64. The lowest BCUT2D eigenvalue weighted by atomic mass is 9.80.